The second kappa shape index (κ2) is 6.87. The third kappa shape index (κ3) is 3.29. The van der Waals surface area contributed by atoms with E-state index >= 15 is 0 Å². The number of halogens is 1. The highest BCUT2D eigenvalue weighted by molar-refractivity contribution is 9.09. The zero-order valence-corrected chi connectivity index (χ0v) is 14.2. The van der Waals surface area contributed by atoms with E-state index in [-0.39, 0.29) is 16.0 Å². The van der Waals surface area contributed by atoms with Crippen molar-refractivity contribution in [2.45, 2.75) is 46.1 Å². The third-order valence-electron chi connectivity index (χ3n) is 4.27. The number of hydrogen-bond donors (Lipinski definition) is 0. The minimum absolute atomic E-state index is 0.0765. The van der Waals surface area contributed by atoms with E-state index in [0.29, 0.717) is 25.1 Å². The fourth-order valence-electron chi connectivity index (χ4n) is 2.93. The summed E-state index contributed by atoms with van der Waals surface area (Å²) in [5.41, 5.74) is 1.61. The van der Waals surface area contributed by atoms with Gasteiger partial charge < -0.3 is 4.74 Å². The summed E-state index contributed by atoms with van der Waals surface area (Å²) in [5, 5.41) is 16.7. The van der Waals surface area contributed by atoms with Gasteiger partial charge in [0.25, 0.3) is 0 Å². The number of ether oxygens (including phenoxy) is 1. The van der Waals surface area contributed by atoms with Gasteiger partial charge in [-0.1, -0.05) is 29.8 Å². The van der Waals surface area contributed by atoms with Crippen LogP contribution < -0.4 is 0 Å². The predicted octanol–water partition coefficient (Wildman–Crippen LogP) is 3.11. The molecule has 0 amide bonds. The Morgan fingerprint density at radius 2 is 2.05 bits per heavy atom. The average Bonchev–Trinajstić information content (AvgIpc) is 2.85. The Balaban J connectivity index is 2.36. The van der Waals surface area contributed by atoms with Crippen LogP contribution in [0.15, 0.2) is 0 Å². The van der Waals surface area contributed by atoms with Crippen molar-refractivity contribution in [3.63, 3.8) is 0 Å². The smallest absolute Gasteiger partial charge is 0.313 e. The first kappa shape index (κ1) is 16.4. The topological polar surface area (TPSA) is 70.2 Å². The van der Waals surface area contributed by atoms with Gasteiger partial charge in [0, 0.05) is 30.5 Å². The Bertz CT molecular complexity index is 510. The quantitative estimate of drug-likeness (QED) is 0.444. The zero-order chi connectivity index (χ0) is 15.5. The molecule has 2 heterocycles. The van der Waals surface area contributed by atoms with Crippen molar-refractivity contribution in [1.82, 2.24) is 9.78 Å². The van der Waals surface area contributed by atoms with Crippen LogP contribution in [0.3, 0.4) is 0 Å². The highest BCUT2D eigenvalue weighted by Crippen LogP contribution is 2.36. The first-order valence-electron chi connectivity index (χ1n) is 7.43. The fourth-order valence-corrected chi connectivity index (χ4v) is 3.67. The monoisotopic (exact) mass is 359 g/mol. The van der Waals surface area contributed by atoms with Gasteiger partial charge in [-0.05, 0) is 25.7 Å². The highest BCUT2D eigenvalue weighted by Gasteiger charge is 2.35. The normalized spacial score (nSPS) is 17.9. The van der Waals surface area contributed by atoms with E-state index in [1.807, 2.05) is 18.5 Å². The predicted molar refractivity (Wildman–Crippen MR) is 83.9 cm³/mol. The van der Waals surface area contributed by atoms with Crippen LogP contribution in [0.25, 0.3) is 0 Å². The molecule has 1 aromatic heterocycles. The molecule has 0 atom stereocenters. The van der Waals surface area contributed by atoms with Crippen LogP contribution in [0.4, 0.5) is 5.69 Å². The Kier molecular flexibility index (Phi) is 5.37. The molecule has 0 N–H and O–H groups in total. The molecule has 0 radical (unpaired) electrons. The maximum Gasteiger partial charge on any atom is 0.313 e. The minimum Gasteiger partial charge on any atom is -0.381 e. The number of aryl methyl sites for hydroxylation is 1. The van der Waals surface area contributed by atoms with E-state index in [1.54, 1.807) is 0 Å². The molecule has 0 saturated carbocycles. The van der Waals surface area contributed by atoms with Crippen LogP contribution in [-0.4, -0.2) is 33.2 Å². The first-order chi connectivity index (χ1) is 10.1. The van der Waals surface area contributed by atoms with Gasteiger partial charge in [-0.3, -0.25) is 14.8 Å². The second-order valence-electron chi connectivity index (χ2n) is 5.61. The molecule has 0 unspecified atom stereocenters. The molecule has 118 valence electrons. The van der Waals surface area contributed by atoms with E-state index in [4.69, 9.17) is 4.74 Å². The molecule has 7 heteroatoms. The molecule has 0 aliphatic carbocycles. The Hall–Kier alpha value is -0.950. The van der Waals surface area contributed by atoms with Crippen LogP contribution >= 0.6 is 15.9 Å². The van der Waals surface area contributed by atoms with Crippen LogP contribution in [0, 0.1) is 15.5 Å². The molecule has 0 spiro atoms. The summed E-state index contributed by atoms with van der Waals surface area (Å²) in [7, 11) is 0. The maximum atomic E-state index is 11.3. The van der Waals surface area contributed by atoms with Gasteiger partial charge >= 0.3 is 5.69 Å². The van der Waals surface area contributed by atoms with Crippen molar-refractivity contribution in [1.29, 1.82) is 0 Å². The number of nitro groups is 1. The minimum atomic E-state index is -0.286. The van der Waals surface area contributed by atoms with Crippen LogP contribution in [-0.2, 0) is 24.1 Å². The van der Waals surface area contributed by atoms with Gasteiger partial charge in [-0.25, -0.2) is 0 Å². The highest BCUT2D eigenvalue weighted by atomic mass is 79.9. The summed E-state index contributed by atoms with van der Waals surface area (Å²) >= 11 is 3.61. The summed E-state index contributed by atoms with van der Waals surface area (Å²) in [6.45, 7) is 6.07. The largest absolute Gasteiger partial charge is 0.381 e. The van der Waals surface area contributed by atoms with Crippen molar-refractivity contribution in [3.05, 3.63) is 21.5 Å². The zero-order valence-electron chi connectivity index (χ0n) is 12.6. The van der Waals surface area contributed by atoms with Gasteiger partial charge in [-0.15, -0.1) is 0 Å². The number of rotatable bonds is 6. The lowest BCUT2D eigenvalue weighted by Gasteiger charge is -2.35. The van der Waals surface area contributed by atoms with Gasteiger partial charge in [0.1, 0.15) is 11.4 Å². The maximum absolute atomic E-state index is 11.3. The molecular formula is C14H22BrN3O3. The van der Waals surface area contributed by atoms with E-state index in [2.05, 4.69) is 21.0 Å². The van der Waals surface area contributed by atoms with Gasteiger partial charge in [-0.2, -0.15) is 5.10 Å². The van der Waals surface area contributed by atoms with E-state index < -0.39 is 0 Å². The van der Waals surface area contributed by atoms with Crippen molar-refractivity contribution < 1.29 is 9.66 Å². The van der Waals surface area contributed by atoms with Crippen molar-refractivity contribution in [2.24, 2.45) is 5.41 Å². The third-order valence-corrected chi connectivity index (χ3v) is 5.46. The van der Waals surface area contributed by atoms with Crippen molar-refractivity contribution >= 4 is 21.6 Å². The van der Waals surface area contributed by atoms with E-state index in [1.165, 1.54) is 0 Å². The molecule has 2 rings (SSSR count). The molecule has 1 aliphatic rings. The summed E-state index contributed by atoms with van der Waals surface area (Å²) in [6.07, 6.45) is 3.12. The molecule has 0 aromatic carbocycles. The summed E-state index contributed by atoms with van der Waals surface area (Å²) in [6, 6.07) is 0. The summed E-state index contributed by atoms with van der Waals surface area (Å²) < 4.78 is 7.32. The molecule has 21 heavy (non-hydrogen) atoms. The van der Waals surface area contributed by atoms with Gasteiger partial charge in [0.2, 0.25) is 0 Å². The Labute approximate surface area is 133 Å². The molecule has 1 saturated heterocycles. The average molecular weight is 360 g/mol. The molecule has 1 aliphatic heterocycles. The fraction of sp³-hybridized carbons (Fsp3) is 0.786. The lowest BCUT2D eigenvalue weighted by atomic mass is 9.82. The molecule has 6 nitrogen and oxygen atoms in total. The molecular weight excluding hydrogens is 338 g/mol. The molecule has 1 aromatic rings. The van der Waals surface area contributed by atoms with E-state index in [0.717, 1.165) is 37.1 Å². The standard InChI is InChI=1S/C14H22BrN3O3/c1-3-11-13(18(19)20)12(4-2)17(16-11)10-14(9-15)5-7-21-8-6-14/h3-10H2,1-2H3. The Morgan fingerprint density at radius 1 is 1.38 bits per heavy atom. The Morgan fingerprint density at radius 3 is 2.52 bits per heavy atom. The van der Waals surface area contributed by atoms with Crippen molar-refractivity contribution in [3.8, 4) is 0 Å². The van der Waals surface area contributed by atoms with Crippen LogP contribution in [0.2, 0.25) is 0 Å². The summed E-state index contributed by atoms with van der Waals surface area (Å²) in [5.74, 6) is 0. The lowest BCUT2D eigenvalue weighted by molar-refractivity contribution is -0.386. The lowest BCUT2D eigenvalue weighted by Crippen LogP contribution is -2.36. The van der Waals surface area contributed by atoms with Crippen LogP contribution in [0.1, 0.15) is 38.1 Å². The van der Waals surface area contributed by atoms with Gasteiger partial charge in [0.15, 0.2) is 0 Å². The first-order valence-corrected chi connectivity index (χ1v) is 8.55. The van der Waals surface area contributed by atoms with Crippen molar-refractivity contribution in [2.75, 3.05) is 18.5 Å². The molecule has 1 fully saturated rings. The number of hydrogen-bond acceptors (Lipinski definition) is 4. The van der Waals surface area contributed by atoms with E-state index in [9.17, 15) is 10.1 Å². The van der Waals surface area contributed by atoms with Gasteiger partial charge in [0.05, 0.1) is 4.92 Å². The number of aromatic nitrogens is 2. The second-order valence-corrected chi connectivity index (χ2v) is 6.17. The summed E-state index contributed by atoms with van der Waals surface area (Å²) in [4.78, 5) is 11.1. The SMILES string of the molecule is CCc1nn(CC2(CBr)CCOCC2)c(CC)c1[N+](=O)[O-]. The molecule has 0 bridgehead atoms. The number of nitrogens with zero attached hydrogens (tertiary/aromatic N) is 3. The number of alkyl halides is 1. The van der Waals surface area contributed by atoms with Crippen LogP contribution in [0.5, 0.6) is 0 Å².